The van der Waals surface area contributed by atoms with Crippen LogP contribution in [0.5, 0.6) is 0 Å². The first-order valence-electron chi connectivity index (χ1n) is 5.43. The van der Waals surface area contributed by atoms with E-state index in [0.29, 0.717) is 5.65 Å². The molecule has 6 heteroatoms. The van der Waals surface area contributed by atoms with Gasteiger partial charge in [0.1, 0.15) is 11.0 Å². The molecule has 4 rings (SSSR count). The second-order valence-corrected chi connectivity index (χ2v) is 4.43. The molecule has 18 heavy (non-hydrogen) atoms. The number of pyridine rings is 1. The summed E-state index contributed by atoms with van der Waals surface area (Å²) in [7, 11) is 0. The first kappa shape index (κ1) is 9.67. The number of fused-ring (bicyclic) bond motifs is 2. The summed E-state index contributed by atoms with van der Waals surface area (Å²) in [5.41, 5.74) is 5.59. The van der Waals surface area contributed by atoms with Gasteiger partial charge < -0.3 is 4.98 Å². The maximum absolute atomic E-state index is 4.36. The maximum Gasteiger partial charge on any atom is 0.178 e. The second-order valence-electron chi connectivity index (χ2n) is 3.90. The zero-order valence-electron chi connectivity index (χ0n) is 9.16. The van der Waals surface area contributed by atoms with Crippen molar-refractivity contribution in [1.82, 2.24) is 23.7 Å². The van der Waals surface area contributed by atoms with E-state index in [-0.39, 0.29) is 0 Å². The van der Waals surface area contributed by atoms with Crippen LogP contribution in [0.4, 0.5) is 0 Å². The molecule has 0 spiro atoms. The Morgan fingerprint density at radius 2 is 2.00 bits per heavy atom. The van der Waals surface area contributed by atoms with Crippen molar-refractivity contribution < 1.29 is 0 Å². The van der Waals surface area contributed by atoms with Gasteiger partial charge in [0.15, 0.2) is 5.65 Å². The molecule has 0 aliphatic rings. The highest BCUT2D eigenvalue weighted by Crippen LogP contribution is 2.30. The van der Waals surface area contributed by atoms with Crippen molar-refractivity contribution in [3.8, 4) is 11.1 Å². The van der Waals surface area contributed by atoms with Gasteiger partial charge in [-0.15, -0.1) is 0 Å². The average molecular weight is 253 g/mol. The fraction of sp³-hybridized carbons (Fsp3) is 0. The number of aromatic amines is 1. The fourth-order valence-corrected chi connectivity index (χ4v) is 2.65. The van der Waals surface area contributed by atoms with E-state index < -0.39 is 0 Å². The Morgan fingerprint density at radius 1 is 1.00 bits per heavy atom. The van der Waals surface area contributed by atoms with Crippen LogP contribution in [0, 0.1) is 0 Å². The topological polar surface area (TPSA) is 67.3 Å². The molecule has 0 aliphatic carbocycles. The molecule has 0 aliphatic heterocycles. The highest BCUT2D eigenvalue weighted by atomic mass is 32.1. The summed E-state index contributed by atoms with van der Waals surface area (Å²) in [6.07, 6.45) is 3.41. The van der Waals surface area contributed by atoms with Gasteiger partial charge in [-0.2, -0.15) is 8.75 Å². The normalized spacial score (nSPS) is 11.3. The molecule has 1 aromatic carbocycles. The standard InChI is InChI=1S/C12H7N5S/c1-2-7(10-9(3-1)16-18-17-10)8-4-5-13-12-11(8)14-6-15-12/h1-6H,(H,13,14,15). The van der Waals surface area contributed by atoms with Crippen molar-refractivity contribution in [3.63, 3.8) is 0 Å². The number of hydrogen-bond acceptors (Lipinski definition) is 5. The molecule has 0 unspecified atom stereocenters. The average Bonchev–Trinajstić information content (AvgIpc) is 3.06. The zero-order valence-corrected chi connectivity index (χ0v) is 9.98. The van der Waals surface area contributed by atoms with Crippen LogP contribution >= 0.6 is 11.7 Å². The van der Waals surface area contributed by atoms with Gasteiger partial charge in [0.05, 0.1) is 23.6 Å². The Hall–Kier alpha value is -2.34. The summed E-state index contributed by atoms with van der Waals surface area (Å²) in [6, 6.07) is 7.96. The summed E-state index contributed by atoms with van der Waals surface area (Å²) >= 11 is 1.23. The monoisotopic (exact) mass is 253 g/mol. The molecule has 5 nitrogen and oxygen atoms in total. The van der Waals surface area contributed by atoms with E-state index in [9.17, 15) is 0 Å². The molecular weight excluding hydrogens is 246 g/mol. The van der Waals surface area contributed by atoms with E-state index in [4.69, 9.17) is 0 Å². The highest BCUT2D eigenvalue weighted by Gasteiger charge is 2.11. The summed E-state index contributed by atoms with van der Waals surface area (Å²) in [4.78, 5) is 11.5. The number of imidazole rings is 1. The van der Waals surface area contributed by atoms with Crippen molar-refractivity contribution in [2.45, 2.75) is 0 Å². The van der Waals surface area contributed by atoms with Crippen LogP contribution < -0.4 is 0 Å². The maximum atomic E-state index is 4.36. The molecular formula is C12H7N5S. The number of benzene rings is 1. The Bertz CT molecular complexity index is 776. The van der Waals surface area contributed by atoms with Crippen LogP contribution in [0.25, 0.3) is 33.3 Å². The van der Waals surface area contributed by atoms with Crippen molar-refractivity contribution in [2.75, 3.05) is 0 Å². The molecule has 0 atom stereocenters. The van der Waals surface area contributed by atoms with Crippen LogP contribution in [0.15, 0.2) is 36.8 Å². The lowest BCUT2D eigenvalue weighted by atomic mass is 10.0. The van der Waals surface area contributed by atoms with Crippen molar-refractivity contribution in [3.05, 3.63) is 36.8 Å². The third kappa shape index (κ3) is 1.26. The third-order valence-electron chi connectivity index (χ3n) is 2.90. The molecule has 0 saturated heterocycles. The predicted octanol–water partition coefficient (Wildman–Crippen LogP) is 2.63. The lowest BCUT2D eigenvalue weighted by Gasteiger charge is -2.02. The minimum Gasteiger partial charge on any atom is -0.343 e. The summed E-state index contributed by atoms with van der Waals surface area (Å²) in [5.74, 6) is 0. The Balaban J connectivity index is 2.13. The summed E-state index contributed by atoms with van der Waals surface area (Å²) in [5, 5.41) is 0. The number of hydrogen-bond donors (Lipinski definition) is 1. The van der Waals surface area contributed by atoms with Crippen LogP contribution in [0.2, 0.25) is 0 Å². The first-order chi connectivity index (χ1) is 8.93. The number of aromatic nitrogens is 5. The molecule has 4 aromatic rings. The number of rotatable bonds is 1. The molecule has 0 amide bonds. The molecule has 0 bridgehead atoms. The summed E-state index contributed by atoms with van der Waals surface area (Å²) < 4.78 is 8.62. The van der Waals surface area contributed by atoms with Crippen LogP contribution in [-0.2, 0) is 0 Å². The van der Waals surface area contributed by atoms with E-state index in [1.54, 1.807) is 12.5 Å². The van der Waals surface area contributed by atoms with Gasteiger partial charge in [-0.05, 0) is 12.1 Å². The minimum atomic E-state index is 0.715. The second kappa shape index (κ2) is 3.58. The van der Waals surface area contributed by atoms with Gasteiger partial charge in [0.2, 0.25) is 0 Å². The SMILES string of the molecule is c1cc(-c2ccnc3nc[nH]c23)c2nsnc2c1. The van der Waals surface area contributed by atoms with Gasteiger partial charge in [0.25, 0.3) is 0 Å². The van der Waals surface area contributed by atoms with E-state index in [1.165, 1.54) is 11.7 Å². The lowest BCUT2D eigenvalue weighted by Crippen LogP contribution is -1.85. The van der Waals surface area contributed by atoms with Gasteiger partial charge >= 0.3 is 0 Å². The molecule has 3 heterocycles. The van der Waals surface area contributed by atoms with E-state index in [0.717, 1.165) is 27.7 Å². The molecule has 1 N–H and O–H groups in total. The number of nitrogens with zero attached hydrogens (tertiary/aromatic N) is 4. The quantitative estimate of drug-likeness (QED) is 0.566. The van der Waals surface area contributed by atoms with Gasteiger partial charge in [0, 0.05) is 17.3 Å². The Morgan fingerprint density at radius 3 is 3.00 bits per heavy atom. The largest absolute Gasteiger partial charge is 0.343 e. The van der Waals surface area contributed by atoms with E-state index in [1.807, 2.05) is 24.3 Å². The fourth-order valence-electron chi connectivity index (χ4n) is 2.10. The molecule has 3 aromatic heterocycles. The molecule has 86 valence electrons. The minimum absolute atomic E-state index is 0.715. The van der Waals surface area contributed by atoms with E-state index >= 15 is 0 Å². The van der Waals surface area contributed by atoms with Crippen molar-refractivity contribution in [2.24, 2.45) is 0 Å². The highest BCUT2D eigenvalue weighted by molar-refractivity contribution is 7.00. The molecule has 0 fully saturated rings. The Kier molecular flexibility index (Phi) is 1.92. The van der Waals surface area contributed by atoms with Crippen molar-refractivity contribution in [1.29, 1.82) is 0 Å². The number of H-pyrrole nitrogens is 1. The van der Waals surface area contributed by atoms with Crippen LogP contribution in [-0.4, -0.2) is 23.7 Å². The predicted molar refractivity (Wildman–Crippen MR) is 70.3 cm³/mol. The van der Waals surface area contributed by atoms with Gasteiger partial charge in [-0.3, -0.25) is 0 Å². The van der Waals surface area contributed by atoms with Crippen LogP contribution in [0.1, 0.15) is 0 Å². The van der Waals surface area contributed by atoms with Crippen molar-refractivity contribution >= 4 is 33.9 Å². The summed E-state index contributed by atoms with van der Waals surface area (Å²) in [6.45, 7) is 0. The first-order valence-corrected chi connectivity index (χ1v) is 6.16. The molecule has 0 radical (unpaired) electrons. The Labute approximate surface area is 106 Å². The smallest absolute Gasteiger partial charge is 0.178 e. The molecule has 0 saturated carbocycles. The third-order valence-corrected chi connectivity index (χ3v) is 3.45. The van der Waals surface area contributed by atoms with E-state index in [2.05, 4.69) is 23.7 Å². The lowest BCUT2D eigenvalue weighted by molar-refractivity contribution is 1.30. The van der Waals surface area contributed by atoms with Crippen LogP contribution in [0.3, 0.4) is 0 Å². The number of nitrogens with one attached hydrogen (secondary N) is 1. The zero-order chi connectivity index (χ0) is 11.9. The van der Waals surface area contributed by atoms with Gasteiger partial charge in [-0.25, -0.2) is 9.97 Å². The van der Waals surface area contributed by atoms with Gasteiger partial charge in [-0.1, -0.05) is 12.1 Å².